The van der Waals surface area contributed by atoms with Gasteiger partial charge in [0.2, 0.25) is 5.91 Å². The lowest BCUT2D eigenvalue weighted by Crippen LogP contribution is -2.49. The molecule has 2 N–H and O–H groups in total. The van der Waals surface area contributed by atoms with Crippen molar-refractivity contribution in [3.8, 4) is 0 Å². The van der Waals surface area contributed by atoms with Gasteiger partial charge in [0.1, 0.15) is 5.00 Å². The Hall–Kier alpha value is -1.89. The van der Waals surface area contributed by atoms with Crippen molar-refractivity contribution in [2.75, 3.05) is 11.9 Å². The summed E-state index contributed by atoms with van der Waals surface area (Å²) in [4.78, 5) is 38.6. The van der Waals surface area contributed by atoms with Gasteiger partial charge in [-0.3, -0.25) is 9.59 Å². The Labute approximate surface area is 162 Å². The van der Waals surface area contributed by atoms with Crippen LogP contribution in [-0.4, -0.2) is 29.6 Å². The van der Waals surface area contributed by atoms with Gasteiger partial charge in [-0.1, -0.05) is 0 Å². The maximum Gasteiger partial charge on any atom is 0.341 e. The van der Waals surface area contributed by atoms with E-state index in [4.69, 9.17) is 4.74 Å². The number of ether oxygens (including phenoxy) is 1. The Bertz CT molecular complexity index is 778. The van der Waals surface area contributed by atoms with Gasteiger partial charge in [0, 0.05) is 4.88 Å². The summed E-state index contributed by atoms with van der Waals surface area (Å²) in [7, 11) is 0. The molecule has 2 atom stereocenters. The predicted molar refractivity (Wildman–Crippen MR) is 101 cm³/mol. The van der Waals surface area contributed by atoms with Crippen molar-refractivity contribution in [2.24, 2.45) is 23.7 Å². The second-order valence-electron chi connectivity index (χ2n) is 7.84. The Morgan fingerprint density at radius 3 is 2.41 bits per heavy atom. The molecule has 0 spiro atoms. The molecule has 6 nitrogen and oxygen atoms in total. The average molecular weight is 391 g/mol. The third-order valence-electron chi connectivity index (χ3n) is 6.44. The van der Waals surface area contributed by atoms with Crippen LogP contribution in [0.4, 0.5) is 5.00 Å². The highest BCUT2D eigenvalue weighted by Crippen LogP contribution is 2.50. The van der Waals surface area contributed by atoms with E-state index in [0.29, 0.717) is 10.6 Å². The van der Waals surface area contributed by atoms with Gasteiger partial charge in [-0.2, -0.15) is 0 Å². The molecular formula is C20H25NO5S. The van der Waals surface area contributed by atoms with Crippen molar-refractivity contribution in [1.82, 2.24) is 0 Å². The van der Waals surface area contributed by atoms with E-state index in [1.807, 2.05) is 0 Å². The molecule has 3 saturated carbocycles. The van der Waals surface area contributed by atoms with Crippen LogP contribution in [0.2, 0.25) is 0 Å². The number of aryl methyl sites for hydroxylation is 1. The van der Waals surface area contributed by atoms with Crippen LogP contribution in [0.15, 0.2) is 0 Å². The van der Waals surface area contributed by atoms with E-state index in [1.54, 1.807) is 6.92 Å². The average Bonchev–Trinajstić information content (AvgIpc) is 3.22. The first-order valence-corrected chi connectivity index (χ1v) is 10.7. The number of hydrogen-bond donors (Lipinski definition) is 2. The largest absolute Gasteiger partial charge is 0.481 e. The van der Waals surface area contributed by atoms with Crippen LogP contribution in [0.1, 0.15) is 59.8 Å². The smallest absolute Gasteiger partial charge is 0.341 e. The Morgan fingerprint density at radius 1 is 1.11 bits per heavy atom. The topological polar surface area (TPSA) is 92.7 Å². The number of carbonyl (C=O) groups is 3. The van der Waals surface area contributed by atoms with Gasteiger partial charge in [-0.05, 0) is 69.3 Å². The lowest BCUT2D eigenvalue weighted by molar-refractivity contribution is -0.156. The highest BCUT2D eigenvalue weighted by molar-refractivity contribution is 7.17. The van der Waals surface area contributed by atoms with Crippen LogP contribution in [0.5, 0.6) is 0 Å². The normalized spacial score (nSPS) is 28.6. The van der Waals surface area contributed by atoms with Gasteiger partial charge < -0.3 is 15.2 Å². The molecule has 146 valence electrons. The highest BCUT2D eigenvalue weighted by atomic mass is 32.1. The minimum Gasteiger partial charge on any atom is -0.481 e. The molecular weight excluding hydrogens is 366 g/mol. The van der Waals surface area contributed by atoms with Crippen LogP contribution in [0, 0.1) is 23.7 Å². The molecule has 4 aliphatic rings. The molecule has 1 heterocycles. The monoisotopic (exact) mass is 391 g/mol. The third kappa shape index (κ3) is 3.16. The van der Waals surface area contributed by atoms with Gasteiger partial charge >= 0.3 is 11.9 Å². The van der Waals surface area contributed by atoms with Gasteiger partial charge in [-0.25, -0.2) is 4.79 Å². The van der Waals surface area contributed by atoms with Crippen molar-refractivity contribution in [3.05, 3.63) is 16.0 Å². The van der Waals surface area contributed by atoms with Crippen LogP contribution in [0.25, 0.3) is 0 Å². The number of carboxylic acids is 1. The molecule has 0 unspecified atom stereocenters. The summed E-state index contributed by atoms with van der Waals surface area (Å²) in [5.41, 5.74) is 1.48. The Kier molecular flexibility index (Phi) is 4.97. The SMILES string of the molecule is CCOC(=O)c1c(NC(=O)[C@@H]2C3CCC(CC3)[C@H]2C(=O)O)sc2c1CCC2. The quantitative estimate of drug-likeness (QED) is 0.750. The lowest BCUT2D eigenvalue weighted by atomic mass is 9.58. The van der Waals surface area contributed by atoms with E-state index in [-0.39, 0.29) is 24.3 Å². The number of rotatable bonds is 5. The Morgan fingerprint density at radius 2 is 1.78 bits per heavy atom. The first kappa shape index (κ1) is 18.5. The van der Waals surface area contributed by atoms with E-state index in [0.717, 1.165) is 55.4 Å². The summed E-state index contributed by atoms with van der Waals surface area (Å²) >= 11 is 1.44. The molecule has 2 bridgehead atoms. The zero-order chi connectivity index (χ0) is 19.1. The van der Waals surface area contributed by atoms with Crippen LogP contribution < -0.4 is 5.32 Å². The lowest BCUT2D eigenvalue weighted by Gasteiger charge is -2.45. The molecule has 0 saturated heterocycles. The molecule has 7 heteroatoms. The number of carboxylic acid groups (broad SMARTS) is 1. The number of fused-ring (bicyclic) bond motifs is 4. The minimum atomic E-state index is -0.871. The fraction of sp³-hybridized carbons (Fsp3) is 0.650. The first-order chi connectivity index (χ1) is 13.0. The van der Waals surface area contributed by atoms with E-state index >= 15 is 0 Å². The number of esters is 1. The number of carbonyl (C=O) groups excluding carboxylic acids is 2. The summed E-state index contributed by atoms with van der Waals surface area (Å²) in [5.74, 6) is -2.44. The summed E-state index contributed by atoms with van der Waals surface area (Å²) in [5, 5.41) is 13.2. The number of hydrogen-bond acceptors (Lipinski definition) is 5. The third-order valence-corrected chi connectivity index (χ3v) is 7.65. The zero-order valence-electron chi connectivity index (χ0n) is 15.5. The highest BCUT2D eigenvalue weighted by Gasteiger charge is 2.50. The summed E-state index contributed by atoms with van der Waals surface area (Å²) < 4.78 is 5.21. The van der Waals surface area contributed by atoms with Gasteiger partial charge in [0.15, 0.2) is 0 Å². The number of anilines is 1. The number of aliphatic carboxylic acids is 1. The van der Waals surface area contributed by atoms with Crippen molar-refractivity contribution in [2.45, 2.75) is 51.9 Å². The standard InChI is InChI=1S/C20H25NO5S/c1-2-26-20(25)16-12-4-3-5-13(12)27-18(16)21-17(22)14-10-6-8-11(9-7-10)15(14)19(23)24/h10-11,14-15H,2-9H2,1H3,(H,21,22)(H,23,24)/t10?,11?,14-,15-/m1/s1. The minimum absolute atomic E-state index is 0.0844. The molecule has 0 aromatic carbocycles. The van der Waals surface area contributed by atoms with Crippen LogP contribution >= 0.6 is 11.3 Å². The van der Waals surface area contributed by atoms with Crippen molar-refractivity contribution >= 4 is 34.2 Å². The molecule has 3 fully saturated rings. The van der Waals surface area contributed by atoms with Gasteiger partial charge in [0.05, 0.1) is 24.0 Å². The second kappa shape index (κ2) is 7.26. The van der Waals surface area contributed by atoms with E-state index < -0.39 is 23.8 Å². The van der Waals surface area contributed by atoms with Crippen LogP contribution in [-0.2, 0) is 27.2 Å². The summed E-state index contributed by atoms with van der Waals surface area (Å²) in [6.07, 6.45) is 6.36. The molecule has 1 aromatic rings. The first-order valence-electron chi connectivity index (χ1n) is 9.86. The fourth-order valence-corrected chi connectivity index (χ4v) is 6.57. The second-order valence-corrected chi connectivity index (χ2v) is 8.94. The summed E-state index contributed by atoms with van der Waals surface area (Å²) in [6.45, 7) is 2.04. The van der Waals surface area contributed by atoms with Crippen molar-refractivity contribution in [3.63, 3.8) is 0 Å². The molecule has 5 rings (SSSR count). The van der Waals surface area contributed by atoms with Crippen LogP contribution in [0.3, 0.4) is 0 Å². The van der Waals surface area contributed by atoms with E-state index in [2.05, 4.69) is 5.32 Å². The number of amides is 1. The molecule has 0 aliphatic heterocycles. The van der Waals surface area contributed by atoms with Gasteiger partial charge in [-0.15, -0.1) is 11.3 Å². The summed E-state index contributed by atoms with van der Waals surface area (Å²) in [6, 6.07) is 0. The fourth-order valence-electron chi connectivity index (χ4n) is 5.29. The molecule has 1 amide bonds. The number of thiophene rings is 1. The maximum atomic E-state index is 13.1. The molecule has 27 heavy (non-hydrogen) atoms. The number of nitrogens with one attached hydrogen (secondary N) is 1. The molecule has 4 aliphatic carbocycles. The predicted octanol–water partition coefficient (Wildman–Crippen LogP) is 3.49. The van der Waals surface area contributed by atoms with Crippen molar-refractivity contribution in [1.29, 1.82) is 0 Å². The molecule has 1 aromatic heterocycles. The maximum absolute atomic E-state index is 13.1. The molecule has 0 radical (unpaired) electrons. The Balaban J connectivity index is 1.61. The zero-order valence-corrected chi connectivity index (χ0v) is 16.3. The van der Waals surface area contributed by atoms with E-state index in [1.165, 1.54) is 11.3 Å². The van der Waals surface area contributed by atoms with Crippen molar-refractivity contribution < 1.29 is 24.2 Å². The van der Waals surface area contributed by atoms with E-state index in [9.17, 15) is 19.5 Å². The van der Waals surface area contributed by atoms with Gasteiger partial charge in [0.25, 0.3) is 0 Å².